The number of hydrogen-bond donors (Lipinski definition) is 1. The minimum atomic E-state index is -0.485. The average molecular weight is 255 g/mol. The van der Waals surface area contributed by atoms with Gasteiger partial charge in [-0.1, -0.05) is 31.8 Å². The molecule has 0 saturated carbocycles. The summed E-state index contributed by atoms with van der Waals surface area (Å²) in [5.74, 6) is 1.10. The number of unbranched alkanes of at least 4 members (excludes halogenated alkanes) is 1. The van der Waals surface area contributed by atoms with E-state index >= 15 is 0 Å². The lowest BCUT2D eigenvalue weighted by Gasteiger charge is -2.23. The van der Waals surface area contributed by atoms with Crippen molar-refractivity contribution in [3.8, 4) is 0 Å². The molecule has 1 heterocycles. The third-order valence-corrected chi connectivity index (χ3v) is 3.24. The van der Waals surface area contributed by atoms with Gasteiger partial charge in [0.1, 0.15) is 5.60 Å². The second kappa shape index (κ2) is 6.85. The molecule has 0 aliphatic heterocycles. The van der Waals surface area contributed by atoms with E-state index in [-0.39, 0.29) is 6.04 Å². The molecule has 1 rings (SSSR count). The standard InChI is InChI=1S/C13H25N3O2/c1-5-8-9-10(14)11-15-12(16-18-11)13(4,6-2)17-7-3/h10H,5-9,14H2,1-4H3/t10-,13?/m0/s1. The summed E-state index contributed by atoms with van der Waals surface area (Å²) in [6.07, 6.45) is 3.84. The van der Waals surface area contributed by atoms with Crippen LogP contribution in [-0.4, -0.2) is 16.7 Å². The van der Waals surface area contributed by atoms with Crippen molar-refractivity contribution in [2.45, 2.75) is 65.0 Å². The number of aromatic nitrogens is 2. The Kier molecular flexibility index (Phi) is 5.75. The molecular weight excluding hydrogens is 230 g/mol. The van der Waals surface area contributed by atoms with Crippen LogP contribution in [0, 0.1) is 0 Å². The Labute approximate surface area is 109 Å². The zero-order valence-electron chi connectivity index (χ0n) is 11.9. The van der Waals surface area contributed by atoms with Gasteiger partial charge in [-0.2, -0.15) is 4.98 Å². The zero-order valence-corrected chi connectivity index (χ0v) is 11.9. The van der Waals surface area contributed by atoms with Gasteiger partial charge in [-0.25, -0.2) is 0 Å². The van der Waals surface area contributed by atoms with Crippen molar-refractivity contribution < 1.29 is 9.26 Å². The maximum atomic E-state index is 6.02. The second-order valence-corrected chi connectivity index (χ2v) is 4.72. The highest BCUT2D eigenvalue weighted by atomic mass is 16.5. The summed E-state index contributed by atoms with van der Waals surface area (Å²) in [7, 11) is 0. The first-order valence-corrected chi connectivity index (χ1v) is 6.81. The smallest absolute Gasteiger partial charge is 0.243 e. The molecule has 0 aliphatic rings. The zero-order chi connectivity index (χ0) is 13.6. The molecule has 0 amide bonds. The van der Waals surface area contributed by atoms with Gasteiger partial charge in [0.25, 0.3) is 0 Å². The molecule has 0 aliphatic carbocycles. The van der Waals surface area contributed by atoms with Crippen molar-refractivity contribution in [2.75, 3.05) is 6.61 Å². The number of nitrogens with zero attached hydrogens (tertiary/aromatic N) is 2. The van der Waals surface area contributed by atoms with Gasteiger partial charge in [0.15, 0.2) is 0 Å². The second-order valence-electron chi connectivity index (χ2n) is 4.72. The molecule has 5 heteroatoms. The van der Waals surface area contributed by atoms with Crippen LogP contribution in [0.2, 0.25) is 0 Å². The first kappa shape index (κ1) is 15.1. The first-order valence-electron chi connectivity index (χ1n) is 6.81. The lowest BCUT2D eigenvalue weighted by atomic mass is 10.0. The van der Waals surface area contributed by atoms with E-state index in [0.717, 1.165) is 25.7 Å². The van der Waals surface area contributed by atoms with E-state index in [1.807, 2.05) is 20.8 Å². The van der Waals surface area contributed by atoms with Crippen LogP contribution >= 0.6 is 0 Å². The van der Waals surface area contributed by atoms with Gasteiger partial charge in [0, 0.05) is 6.61 Å². The summed E-state index contributed by atoms with van der Waals surface area (Å²) in [5.41, 5.74) is 5.53. The maximum Gasteiger partial charge on any atom is 0.243 e. The fourth-order valence-corrected chi connectivity index (χ4v) is 1.79. The van der Waals surface area contributed by atoms with Gasteiger partial charge in [-0.05, 0) is 26.7 Å². The number of ether oxygens (including phenoxy) is 1. The van der Waals surface area contributed by atoms with Crippen LogP contribution in [-0.2, 0) is 10.3 Å². The molecule has 5 nitrogen and oxygen atoms in total. The Balaban J connectivity index is 2.78. The molecular formula is C13H25N3O2. The van der Waals surface area contributed by atoms with E-state index in [2.05, 4.69) is 17.1 Å². The number of hydrogen-bond acceptors (Lipinski definition) is 5. The van der Waals surface area contributed by atoms with E-state index in [9.17, 15) is 0 Å². The maximum absolute atomic E-state index is 6.02. The quantitative estimate of drug-likeness (QED) is 0.773. The van der Waals surface area contributed by atoms with Gasteiger partial charge >= 0.3 is 0 Å². The molecule has 0 bridgehead atoms. The van der Waals surface area contributed by atoms with Crippen molar-refractivity contribution in [2.24, 2.45) is 5.73 Å². The Morgan fingerprint density at radius 1 is 1.39 bits per heavy atom. The third-order valence-electron chi connectivity index (χ3n) is 3.24. The molecule has 2 atom stereocenters. The third kappa shape index (κ3) is 3.53. The summed E-state index contributed by atoms with van der Waals surface area (Å²) in [6, 6.07) is -0.172. The minimum absolute atomic E-state index is 0.172. The molecule has 1 aromatic heterocycles. The molecule has 104 valence electrons. The predicted octanol–water partition coefficient (Wildman–Crippen LogP) is 2.92. The van der Waals surface area contributed by atoms with Crippen molar-refractivity contribution in [1.29, 1.82) is 0 Å². The SMILES string of the molecule is CCCC[C@H](N)c1nc(C(C)(CC)OCC)no1. The normalized spacial score (nSPS) is 16.5. The lowest BCUT2D eigenvalue weighted by Crippen LogP contribution is -2.26. The molecule has 0 spiro atoms. The van der Waals surface area contributed by atoms with E-state index in [1.165, 1.54) is 0 Å². The van der Waals surface area contributed by atoms with Crippen LogP contribution in [0.4, 0.5) is 0 Å². The van der Waals surface area contributed by atoms with Crippen LogP contribution in [0.5, 0.6) is 0 Å². The predicted molar refractivity (Wildman–Crippen MR) is 70.0 cm³/mol. The Morgan fingerprint density at radius 2 is 2.11 bits per heavy atom. The van der Waals surface area contributed by atoms with Crippen LogP contribution in [0.3, 0.4) is 0 Å². The highest BCUT2D eigenvalue weighted by Gasteiger charge is 2.31. The fourth-order valence-electron chi connectivity index (χ4n) is 1.79. The molecule has 18 heavy (non-hydrogen) atoms. The summed E-state index contributed by atoms with van der Waals surface area (Å²) in [4.78, 5) is 4.40. The van der Waals surface area contributed by atoms with Gasteiger partial charge in [-0.3, -0.25) is 0 Å². The molecule has 0 aromatic carbocycles. The monoisotopic (exact) mass is 255 g/mol. The first-order chi connectivity index (χ1) is 8.57. The van der Waals surface area contributed by atoms with Gasteiger partial charge in [0.2, 0.25) is 11.7 Å². The molecule has 0 fully saturated rings. The molecule has 0 radical (unpaired) electrons. The summed E-state index contributed by atoms with van der Waals surface area (Å²) < 4.78 is 11.0. The Morgan fingerprint density at radius 3 is 2.67 bits per heavy atom. The minimum Gasteiger partial charge on any atom is -0.367 e. The summed E-state index contributed by atoms with van der Waals surface area (Å²) >= 11 is 0. The van der Waals surface area contributed by atoms with E-state index in [4.69, 9.17) is 15.0 Å². The highest BCUT2D eigenvalue weighted by Crippen LogP contribution is 2.27. The average Bonchev–Trinajstić information content (AvgIpc) is 2.86. The largest absolute Gasteiger partial charge is 0.367 e. The molecule has 1 aromatic rings. The van der Waals surface area contributed by atoms with Gasteiger partial charge < -0.3 is 15.0 Å². The Hall–Kier alpha value is -0.940. The molecule has 0 saturated heterocycles. The van der Waals surface area contributed by atoms with Crippen LogP contribution in [0.15, 0.2) is 4.52 Å². The lowest BCUT2D eigenvalue weighted by molar-refractivity contribution is -0.0403. The Bertz CT molecular complexity index is 354. The summed E-state index contributed by atoms with van der Waals surface area (Å²) in [5, 5.41) is 4.02. The summed E-state index contributed by atoms with van der Waals surface area (Å²) in [6.45, 7) is 8.73. The van der Waals surface area contributed by atoms with Crippen molar-refractivity contribution in [3.05, 3.63) is 11.7 Å². The topological polar surface area (TPSA) is 74.2 Å². The highest BCUT2D eigenvalue weighted by molar-refractivity contribution is 5.01. The van der Waals surface area contributed by atoms with E-state index < -0.39 is 5.60 Å². The van der Waals surface area contributed by atoms with Crippen LogP contribution in [0.1, 0.15) is 71.1 Å². The van der Waals surface area contributed by atoms with Crippen molar-refractivity contribution in [1.82, 2.24) is 10.1 Å². The molecule has 1 unspecified atom stereocenters. The number of nitrogens with two attached hydrogens (primary N) is 1. The van der Waals surface area contributed by atoms with E-state index in [0.29, 0.717) is 18.3 Å². The van der Waals surface area contributed by atoms with Gasteiger partial charge in [-0.15, -0.1) is 0 Å². The fraction of sp³-hybridized carbons (Fsp3) is 0.846. The van der Waals surface area contributed by atoms with Crippen molar-refractivity contribution >= 4 is 0 Å². The van der Waals surface area contributed by atoms with Gasteiger partial charge in [0.05, 0.1) is 6.04 Å². The molecule has 2 N–H and O–H groups in total. The van der Waals surface area contributed by atoms with E-state index in [1.54, 1.807) is 0 Å². The number of rotatable bonds is 8. The van der Waals surface area contributed by atoms with Crippen LogP contribution < -0.4 is 5.73 Å². The van der Waals surface area contributed by atoms with Crippen molar-refractivity contribution in [3.63, 3.8) is 0 Å². The van der Waals surface area contributed by atoms with Crippen LogP contribution in [0.25, 0.3) is 0 Å².